The van der Waals surface area contributed by atoms with Crippen LogP contribution in [-0.2, 0) is 13.8 Å². The number of anilines is 1. The van der Waals surface area contributed by atoms with E-state index >= 15 is 0 Å². The van der Waals surface area contributed by atoms with Crippen LogP contribution >= 0.6 is 10.7 Å². The molecule has 0 spiro atoms. The molecule has 1 aromatic heterocycles. The number of halogens is 1. The molecule has 0 saturated carbocycles. The van der Waals surface area contributed by atoms with Crippen LogP contribution in [-0.4, -0.2) is 19.3 Å². The Hall–Kier alpha value is -1.14. The summed E-state index contributed by atoms with van der Waals surface area (Å²) in [5.41, 5.74) is 0.430. The highest BCUT2D eigenvalue weighted by atomic mass is 35.7. The average Bonchev–Trinajstić information content (AvgIpc) is 2.05. The molecule has 1 N–H and O–H groups in total. The Morgan fingerprint density at radius 1 is 1.47 bits per heavy atom. The molecule has 0 bridgehead atoms. The zero-order chi connectivity index (χ0) is 11.6. The number of nitrogens with one attached hydrogen (secondary N) is 1. The van der Waals surface area contributed by atoms with Gasteiger partial charge < -0.3 is 5.32 Å². The van der Waals surface area contributed by atoms with Crippen LogP contribution in [0.3, 0.4) is 0 Å². The van der Waals surface area contributed by atoms with Crippen LogP contribution in [0.1, 0.15) is 12.5 Å². The first-order chi connectivity index (χ1) is 6.80. The molecule has 0 unspecified atom stereocenters. The molecule has 5 nitrogen and oxygen atoms in total. The highest BCUT2D eigenvalue weighted by Crippen LogP contribution is 2.19. The minimum atomic E-state index is -3.88. The quantitative estimate of drug-likeness (QED) is 0.800. The maximum Gasteiger partial charge on any atom is 0.279 e. The summed E-state index contributed by atoms with van der Waals surface area (Å²) in [5.74, 6) is -0.170. The molecule has 0 aliphatic rings. The van der Waals surface area contributed by atoms with Crippen LogP contribution in [0.2, 0.25) is 0 Å². The number of aromatic nitrogens is 1. The number of pyridine rings is 1. The van der Waals surface area contributed by atoms with E-state index in [0.29, 0.717) is 5.56 Å². The van der Waals surface area contributed by atoms with Gasteiger partial charge in [-0.3, -0.25) is 4.79 Å². The van der Waals surface area contributed by atoms with Crippen molar-refractivity contribution < 1.29 is 13.2 Å². The Morgan fingerprint density at radius 2 is 2.07 bits per heavy atom. The minimum absolute atomic E-state index is 0.160. The van der Waals surface area contributed by atoms with E-state index in [1.165, 1.54) is 19.1 Å². The predicted octanol–water partition coefficient (Wildman–Crippen LogP) is 1.28. The number of hydrogen-bond donors (Lipinski definition) is 1. The first-order valence-corrected chi connectivity index (χ1v) is 6.31. The molecule has 0 fully saturated rings. The fraction of sp³-hybridized carbons (Fsp3) is 0.250. The second-order valence-electron chi connectivity index (χ2n) is 2.94. The van der Waals surface area contributed by atoms with Gasteiger partial charge in [0.1, 0.15) is 5.82 Å². The van der Waals surface area contributed by atoms with Gasteiger partial charge in [-0.15, -0.1) is 0 Å². The molecule has 7 heteroatoms. The smallest absolute Gasteiger partial charge is 0.279 e. The Balaban J connectivity index is 3.23. The number of amides is 1. The second-order valence-corrected chi connectivity index (χ2v) is 5.42. The summed E-state index contributed by atoms with van der Waals surface area (Å²) < 4.78 is 22.2. The van der Waals surface area contributed by atoms with Crippen LogP contribution in [0.4, 0.5) is 5.82 Å². The molecule has 82 valence electrons. The van der Waals surface area contributed by atoms with Crippen molar-refractivity contribution in [3.8, 4) is 0 Å². The van der Waals surface area contributed by atoms with Gasteiger partial charge in [-0.05, 0) is 18.6 Å². The van der Waals surface area contributed by atoms with Gasteiger partial charge in [0.2, 0.25) is 5.91 Å². The number of carbonyl (C=O) groups excluding carboxylic acids is 1. The van der Waals surface area contributed by atoms with Crippen molar-refractivity contribution in [2.24, 2.45) is 0 Å². The summed E-state index contributed by atoms with van der Waals surface area (Å²) in [7, 11) is 1.29. The minimum Gasteiger partial charge on any atom is -0.311 e. The van der Waals surface area contributed by atoms with Crippen molar-refractivity contribution in [3.63, 3.8) is 0 Å². The first kappa shape index (κ1) is 11.9. The summed E-state index contributed by atoms with van der Waals surface area (Å²) in [6.07, 6.45) is 0. The van der Waals surface area contributed by atoms with Crippen molar-refractivity contribution in [2.45, 2.75) is 18.9 Å². The lowest BCUT2D eigenvalue weighted by molar-refractivity contribution is -0.114. The number of hydrogen-bond acceptors (Lipinski definition) is 4. The molecule has 0 radical (unpaired) electrons. The summed E-state index contributed by atoms with van der Waals surface area (Å²) in [6.45, 7) is 2.87. The maximum atomic E-state index is 11.1. The lowest BCUT2D eigenvalue weighted by atomic mass is 10.3. The molecular formula is C8H9ClN2O3S. The highest BCUT2D eigenvalue weighted by Gasteiger charge is 2.16. The Kier molecular flexibility index (Phi) is 3.31. The average molecular weight is 249 g/mol. The van der Waals surface area contributed by atoms with Crippen molar-refractivity contribution >= 4 is 31.5 Å². The Bertz CT molecular complexity index is 499. The molecule has 0 aromatic carbocycles. The zero-order valence-corrected chi connectivity index (χ0v) is 9.69. The summed E-state index contributed by atoms with van der Waals surface area (Å²) in [6, 6.07) is 3.02. The molecule has 1 amide bonds. The molecule has 0 aliphatic heterocycles. The van der Waals surface area contributed by atoms with E-state index in [1.54, 1.807) is 6.92 Å². The second kappa shape index (κ2) is 4.16. The number of nitrogens with zero attached hydrogens (tertiary/aromatic N) is 1. The molecule has 1 rings (SSSR count). The van der Waals surface area contributed by atoms with Crippen molar-refractivity contribution in [3.05, 3.63) is 17.7 Å². The van der Waals surface area contributed by atoms with Crippen molar-refractivity contribution in [1.82, 2.24) is 4.98 Å². The van der Waals surface area contributed by atoms with E-state index in [1.807, 2.05) is 0 Å². The van der Waals surface area contributed by atoms with Crippen LogP contribution in [0.15, 0.2) is 17.2 Å². The Morgan fingerprint density at radius 3 is 2.53 bits per heavy atom. The van der Waals surface area contributed by atoms with Gasteiger partial charge in [0.05, 0.1) is 0 Å². The summed E-state index contributed by atoms with van der Waals surface area (Å²) >= 11 is 0. The van der Waals surface area contributed by atoms with Gasteiger partial charge in [0.25, 0.3) is 9.05 Å². The van der Waals surface area contributed by atoms with Crippen molar-refractivity contribution in [2.75, 3.05) is 5.32 Å². The van der Waals surface area contributed by atoms with Gasteiger partial charge in [0.15, 0.2) is 5.03 Å². The highest BCUT2D eigenvalue weighted by molar-refractivity contribution is 8.13. The Labute approximate surface area is 91.9 Å². The van der Waals surface area contributed by atoms with E-state index in [9.17, 15) is 13.2 Å². The van der Waals surface area contributed by atoms with E-state index in [2.05, 4.69) is 10.3 Å². The summed E-state index contributed by atoms with van der Waals surface area (Å²) in [5, 5.41) is 2.13. The third-order valence-corrected chi connectivity index (χ3v) is 2.90. The topological polar surface area (TPSA) is 76.1 Å². The van der Waals surface area contributed by atoms with Gasteiger partial charge in [-0.2, -0.15) is 0 Å². The van der Waals surface area contributed by atoms with Gasteiger partial charge >= 0.3 is 0 Å². The maximum absolute atomic E-state index is 11.1. The monoisotopic (exact) mass is 248 g/mol. The number of rotatable bonds is 2. The zero-order valence-electron chi connectivity index (χ0n) is 8.11. The van der Waals surface area contributed by atoms with E-state index < -0.39 is 9.05 Å². The van der Waals surface area contributed by atoms with E-state index in [4.69, 9.17) is 10.7 Å². The summed E-state index contributed by atoms with van der Waals surface area (Å²) in [4.78, 5) is 14.5. The third-order valence-electron chi connectivity index (χ3n) is 1.59. The molecule has 0 atom stereocenters. The fourth-order valence-electron chi connectivity index (χ4n) is 1.01. The number of aryl methyl sites for hydroxylation is 1. The van der Waals surface area contributed by atoms with Crippen molar-refractivity contribution in [1.29, 1.82) is 0 Å². The number of carbonyl (C=O) groups is 1. The van der Waals surface area contributed by atoms with E-state index in [-0.39, 0.29) is 16.8 Å². The van der Waals surface area contributed by atoms with Gasteiger partial charge in [0, 0.05) is 17.6 Å². The molecule has 0 aliphatic carbocycles. The van der Waals surface area contributed by atoms with Gasteiger partial charge in [-0.1, -0.05) is 6.07 Å². The van der Waals surface area contributed by atoms with Crippen LogP contribution in [0.5, 0.6) is 0 Å². The van der Waals surface area contributed by atoms with Crippen LogP contribution < -0.4 is 5.32 Å². The van der Waals surface area contributed by atoms with Crippen LogP contribution in [0.25, 0.3) is 0 Å². The predicted molar refractivity (Wildman–Crippen MR) is 56.3 cm³/mol. The normalized spacial score (nSPS) is 11.1. The molecule has 15 heavy (non-hydrogen) atoms. The first-order valence-electron chi connectivity index (χ1n) is 4.00. The SMILES string of the molecule is CC(=O)Nc1ccc(C)c(S(=O)(=O)Cl)n1. The molecular weight excluding hydrogens is 240 g/mol. The molecule has 0 saturated heterocycles. The lowest BCUT2D eigenvalue weighted by Crippen LogP contribution is -2.09. The van der Waals surface area contributed by atoms with Gasteiger partial charge in [-0.25, -0.2) is 13.4 Å². The lowest BCUT2D eigenvalue weighted by Gasteiger charge is -2.04. The molecule has 1 heterocycles. The van der Waals surface area contributed by atoms with E-state index in [0.717, 1.165) is 0 Å². The molecule has 1 aromatic rings. The third kappa shape index (κ3) is 3.17. The largest absolute Gasteiger partial charge is 0.311 e. The van der Waals surface area contributed by atoms with Crippen LogP contribution in [0, 0.1) is 6.92 Å². The standard InChI is InChI=1S/C8H9ClN2O3S/c1-5-3-4-7(10-6(2)12)11-8(5)15(9,13)14/h3-4H,1-2H3,(H,10,11,12). The fourth-order valence-corrected chi connectivity index (χ4v) is 2.14.